The fourth-order valence-electron chi connectivity index (χ4n) is 2.33. The summed E-state index contributed by atoms with van der Waals surface area (Å²) in [5, 5.41) is 7.00. The molecule has 128 valence electrons. The Labute approximate surface area is 142 Å². The molecule has 6 heteroatoms. The van der Waals surface area contributed by atoms with Gasteiger partial charge < -0.3 is 10.2 Å². The van der Waals surface area contributed by atoms with Crippen LogP contribution in [0.4, 0.5) is 5.69 Å². The number of carbonyl (C=O) groups excluding carboxylic acids is 1. The number of amides is 1. The molecular formula is C18H24N4O2. The highest BCUT2D eigenvalue weighted by atomic mass is 16.2. The molecule has 0 saturated heterocycles. The van der Waals surface area contributed by atoms with Crippen LogP contribution in [0.5, 0.6) is 0 Å². The fraction of sp³-hybridized carbons (Fsp3) is 0.389. The van der Waals surface area contributed by atoms with Gasteiger partial charge in [-0.3, -0.25) is 9.59 Å². The van der Waals surface area contributed by atoms with E-state index in [-0.39, 0.29) is 23.2 Å². The topological polar surface area (TPSA) is 67.2 Å². The monoisotopic (exact) mass is 328 g/mol. The van der Waals surface area contributed by atoms with Gasteiger partial charge in [0, 0.05) is 37.9 Å². The first-order valence-electron chi connectivity index (χ1n) is 8.17. The molecule has 1 aromatic carbocycles. The van der Waals surface area contributed by atoms with Crippen molar-refractivity contribution in [3.05, 3.63) is 58.5 Å². The molecule has 0 aliphatic heterocycles. The zero-order valence-corrected chi connectivity index (χ0v) is 14.4. The number of nitrogens with zero attached hydrogens (tertiary/aromatic N) is 3. The maximum absolute atomic E-state index is 12.3. The van der Waals surface area contributed by atoms with Gasteiger partial charge in [-0.2, -0.15) is 5.10 Å². The Hall–Kier alpha value is -2.63. The van der Waals surface area contributed by atoms with Gasteiger partial charge in [0.15, 0.2) is 0 Å². The summed E-state index contributed by atoms with van der Waals surface area (Å²) in [5.74, 6) is -0.270. The van der Waals surface area contributed by atoms with Gasteiger partial charge in [-0.25, -0.2) is 4.68 Å². The largest absolute Gasteiger partial charge is 0.370 e. The third-order valence-corrected chi connectivity index (χ3v) is 3.92. The number of nitrogens with one attached hydrogen (secondary N) is 1. The van der Waals surface area contributed by atoms with Gasteiger partial charge in [0.2, 0.25) is 0 Å². The number of hydrogen-bond donors (Lipinski definition) is 1. The molecule has 1 unspecified atom stereocenters. The van der Waals surface area contributed by atoms with E-state index in [1.807, 2.05) is 51.2 Å². The van der Waals surface area contributed by atoms with Crippen molar-refractivity contribution in [3.63, 3.8) is 0 Å². The van der Waals surface area contributed by atoms with Gasteiger partial charge in [-0.15, -0.1) is 0 Å². The molecule has 0 bridgehead atoms. The average molecular weight is 328 g/mol. The van der Waals surface area contributed by atoms with Crippen molar-refractivity contribution >= 4 is 11.6 Å². The average Bonchev–Trinajstić information content (AvgIpc) is 2.61. The molecule has 6 nitrogen and oxygen atoms in total. The summed E-state index contributed by atoms with van der Waals surface area (Å²) in [6.07, 6.45) is 0.789. The summed E-state index contributed by atoms with van der Waals surface area (Å²) in [7, 11) is 1.99. The van der Waals surface area contributed by atoms with Crippen molar-refractivity contribution in [2.45, 2.75) is 32.9 Å². The Morgan fingerprint density at radius 2 is 1.96 bits per heavy atom. The highest BCUT2D eigenvalue weighted by molar-refractivity contribution is 5.92. The molecule has 1 aromatic heterocycles. The number of para-hydroxylation sites is 1. The van der Waals surface area contributed by atoms with Crippen LogP contribution < -0.4 is 15.8 Å². The van der Waals surface area contributed by atoms with E-state index >= 15 is 0 Å². The van der Waals surface area contributed by atoms with Crippen LogP contribution in [0.2, 0.25) is 0 Å². The first-order valence-corrected chi connectivity index (χ1v) is 8.17. The van der Waals surface area contributed by atoms with E-state index in [9.17, 15) is 9.59 Å². The molecule has 1 heterocycles. The van der Waals surface area contributed by atoms with Crippen LogP contribution in [0.25, 0.3) is 0 Å². The maximum Gasteiger partial charge on any atom is 0.271 e. The number of anilines is 1. The second-order valence-corrected chi connectivity index (χ2v) is 5.79. The predicted molar refractivity (Wildman–Crippen MR) is 95.4 cm³/mol. The van der Waals surface area contributed by atoms with Crippen LogP contribution in [0.15, 0.2) is 47.3 Å². The van der Waals surface area contributed by atoms with Crippen LogP contribution >= 0.6 is 0 Å². The van der Waals surface area contributed by atoms with Gasteiger partial charge in [-0.1, -0.05) is 25.1 Å². The highest BCUT2D eigenvalue weighted by Crippen LogP contribution is 2.13. The predicted octanol–water partition coefficient (Wildman–Crippen LogP) is 1.91. The number of aryl methyl sites for hydroxylation is 1. The lowest BCUT2D eigenvalue weighted by Crippen LogP contribution is -2.40. The number of aromatic nitrogens is 2. The second kappa shape index (κ2) is 8.29. The Bertz CT molecular complexity index is 727. The number of benzene rings is 1. The normalized spacial score (nSPS) is 11.8. The summed E-state index contributed by atoms with van der Waals surface area (Å²) < 4.78 is 1.33. The van der Waals surface area contributed by atoms with Gasteiger partial charge >= 0.3 is 0 Å². The van der Waals surface area contributed by atoms with E-state index in [0.29, 0.717) is 13.1 Å². The lowest BCUT2D eigenvalue weighted by molar-refractivity contribution is 0.0944. The minimum Gasteiger partial charge on any atom is -0.370 e. The number of carbonyl (C=O) groups is 1. The Morgan fingerprint density at radius 1 is 1.25 bits per heavy atom. The first kappa shape index (κ1) is 17.7. The Kier molecular flexibility index (Phi) is 6.12. The van der Waals surface area contributed by atoms with Crippen LogP contribution in [0.1, 0.15) is 30.8 Å². The van der Waals surface area contributed by atoms with Gasteiger partial charge in [0.25, 0.3) is 11.5 Å². The van der Waals surface area contributed by atoms with Crippen molar-refractivity contribution in [1.29, 1.82) is 0 Å². The highest BCUT2D eigenvalue weighted by Gasteiger charge is 2.14. The van der Waals surface area contributed by atoms with Crippen LogP contribution in [0, 0.1) is 0 Å². The summed E-state index contributed by atoms with van der Waals surface area (Å²) in [5.41, 5.74) is 1.16. The third-order valence-electron chi connectivity index (χ3n) is 3.92. The number of rotatable bonds is 7. The molecule has 2 aromatic rings. The smallest absolute Gasteiger partial charge is 0.271 e. The molecule has 24 heavy (non-hydrogen) atoms. The van der Waals surface area contributed by atoms with E-state index in [0.717, 1.165) is 12.1 Å². The van der Waals surface area contributed by atoms with Gasteiger partial charge in [0.1, 0.15) is 5.69 Å². The van der Waals surface area contributed by atoms with Gasteiger partial charge in [-0.05, 0) is 31.5 Å². The Balaban J connectivity index is 1.97. The molecular weight excluding hydrogens is 304 g/mol. The molecule has 0 saturated carbocycles. The first-order chi connectivity index (χ1) is 11.5. The van der Waals surface area contributed by atoms with E-state index in [1.165, 1.54) is 16.8 Å². The lowest BCUT2D eigenvalue weighted by atomic mass is 10.2. The molecule has 0 spiro atoms. The third kappa shape index (κ3) is 4.44. The van der Waals surface area contributed by atoms with Crippen molar-refractivity contribution in [1.82, 2.24) is 15.1 Å². The van der Waals surface area contributed by atoms with E-state index in [4.69, 9.17) is 0 Å². The standard InChI is InChI=1S/C18H24N4O2/c1-4-12-22-17(23)11-10-16(20-22)18(24)19-13-14(2)21(3)15-8-6-5-7-9-15/h5-11,14H,4,12-13H2,1-3H3,(H,19,24). The molecule has 0 radical (unpaired) electrons. The van der Waals surface area contributed by atoms with Gasteiger partial charge in [0.05, 0.1) is 0 Å². The summed E-state index contributed by atoms with van der Waals surface area (Å²) in [6, 6.07) is 13.0. The van der Waals surface area contributed by atoms with E-state index in [2.05, 4.69) is 15.3 Å². The van der Waals surface area contributed by atoms with Crippen molar-refractivity contribution in [2.24, 2.45) is 0 Å². The van der Waals surface area contributed by atoms with Crippen molar-refractivity contribution < 1.29 is 4.79 Å². The minimum atomic E-state index is -0.270. The quantitative estimate of drug-likeness (QED) is 0.843. The lowest BCUT2D eigenvalue weighted by Gasteiger charge is -2.27. The van der Waals surface area contributed by atoms with E-state index in [1.54, 1.807) is 0 Å². The summed E-state index contributed by atoms with van der Waals surface area (Å²) in [4.78, 5) is 26.0. The minimum absolute atomic E-state index is 0.123. The molecule has 0 fully saturated rings. The summed E-state index contributed by atoms with van der Waals surface area (Å²) in [6.45, 7) is 4.99. The van der Waals surface area contributed by atoms with Crippen LogP contribution in [0.3, 0.4) is 0 Å². The molecule has 0 aliphatic carbocycles. The number of hydrogen-bond acceptors (Lipinski definition) is 4. The van der Waals surface area contributed by atoms with Crippen molar-refractivity contribution in [3.8, 4) is 0 Å². The molecule has 0 aliphatic rings. The fourth-order valence-corrected chi connectivity index (χ4v) is 2.33. The van der Waals surface area contributed by atoms with Crippen LogP contribution in [-0.2, 0) is 6.54 Å². The van der Waals surface area contributed by atoms with Crippen molar-refractivity contribution in [2.75, 3.05) is 18.5 Å². The number of likely N-dealkylation sites (N-methyl/N-ethyl adjacent to an activating group) is 1. The zero-order valence-electron chi connectivity index (χ0n) is 14.4. The van der Waals surface area contributed by atoms with Crippen LogP contribution in [-0.4, -0.2) is 35.3 Å². The Morgan fingerprint density at radius 3 is 2.62 bits per heavy atom. The van der Waals surface area contributed by atoms with E-state index < -0.39 is 0 Å². The second-order valence-electron chi connectivity index (χ2n) is 5.79. The molecule has 1 atom stereocenters. The zero-order chi connectivity index (χ0) is 17.5. The molecule has 2 rings (SSSR count). The molecule has 1 amide bonds. The maximum atomic E-state index is 12.3. The SMILES string of the molecule is CCCn1nc(C(=O)NCC(C)N(C)c2ccccc2)ccc1=O. The summed E-state index contributed by atoms with van der Waals surface area (Å²) >= 11 is 0. The molecule has 1 N–H and O–H groups in total.